The Kier molecular flexibility index (Phi) is 8.56. The number of aromatic carboxylic acids is 1. The number of rotatable bonds is 12. The summed E-state index contributed by atoms with van der Waals surface area (Å²) in [6.07, 6.45) is 1.19. The van der Waals surface area contributed by atoms with E-state index in [9.17, 15) is 23.1 Å². The quantitative estimate of drug-likeness (QED) is 0.391. The van der Waals surface area contributed by atoms with Crippen LogP contribution < -0.4 is 10.6 Å². The summed E-state index contributed by atoms with van der Waals surface area (Å²) < 4.78 is 28.7. The zero-order valence-electron chi connectivity index (χ0n) is 22.1. The van der Waals surface area contributed by atoms with E-state index in [1.54, 1.807) is 11.8 Å². The molecule has 11 nitrogen and oxygen atoms in total. The van der Waals surface area contributed by atoms with E-state index in [2.05, 4.69) is 9.97 Å². The number of unbranched alkanes of at least 4 members (excludes halogenated alkanes) is 1. The highest BCUT2D eigenvalue weighted by Gasteiger charge is 2.33. The lowest BCUT2D eigenvalue weighted by Gasteiger charge is -2.34. The average molecular weight is 533 g/mol. The Morgan fingerprint density at radius 3 is 2.54 bits per heavy atom. The van der Waals surface area contributed by atoms with Crippen LogP contribution in [0.15, 0.2) is 29.2 Å². The number of hydrogen-bond donors (Lipinski definition) is 2. The second-order valence-electron chi connectivity index (χ2n) is 10.5. The van der Waals surface area contributed by atoms with Crippen molar-refractivity contribution in [2.75, 3.05) is 50.9 Å². The minimum atomic E-state index is -3.96. The molecular formula is C25H36N6O5S. The highest BCUT2D eigenvalue weighted by atomic mass is 32.2. The van der Waals surface area contributed by atoms with Crippen molar-refractivity contribution >= 4 is 33.5 Å². The van der Waals surface area contributed by atoms with Gasteiger partial charge in [-0.25, -0.2) is 23.2 Å². The molecule has 3 rings (SSSR count). The summed E-state index contributed by atoms with van der Waals surface area (Å²) in [6.45, 7) is 7.22. The summed E-state index contributed by atoms with van der Waals surface area (Å²) in [5, 5.41) is 9.34. The molecule has 0 spiro atoms. The first-order chi connectivity index (χ1) is 17.2. The Morgan fingerprint density at radius 1 is 1.19 bits per heavy atom. The molecule has 1 aromatic heterocycles. The van der Waals surface area contributed by atoms with Crippen LogP contribution in [0.3, 0.4) is 0 Å². The molecule has 2 aromatic rings. The number of nitrogen functional groups attached to an aromatic ring is 1. The molecule has 37 heavy (non-hydrogen) atoms. The Balaban J connectivity index is 1.77. The maximum atomic E-state index is 13.6. The van der Waals surface area contributed by atoms with Gasteiger partial charge in [-0.05, 0) is 57.5 Å². The molecule has 0 saturated carbocycles. The number of amides is 1. The van der Waals surface area contributed by atoms with Crippen molar-refractivity contribution in [3.8, 4) is 0 Å². The molecule has 2 heterocycles. The molecule has 0 saturated heterocycles. The summed E-state index contributed by atoms with van der Waals surface area (Å²) in [5.74, 6) is 0.0230. The number of hydrogen-bond acceptors (Lipinski definition) is 8. The number of carboxylic acids is 1. The first kappa shape index (κ1) is 28.5. The highest BCUT2D eigenvalue weighted by molar-refractivity contribution is 7.89. The standard InChI is InChI=1S/C25H36N6O5S/c1-17-27-22(26)20-14-21(32)31(23(20)28-17)12-7-6-11-30(16-25(2,3)15-29(4)5)37(35,36)19-10-8-9-18(13-19)24(33)34/h8-10,13H,6-7,11-12,14-16H2,1-5H3,(H,33,34)(H2,26,27,28). The van der Waals surface area contributed by atoms with Crippen LogP contribution in [0, 0.1) is 12.3 Å². The smallest absolute Gasteiger partial charge is 0.335 e. The fourth-order valence-corrected chi connectivity index (χ4v) is 6.47. The number of nitrogens with zero attached hydrogens (tertiary/aromatic N) is 5. The first-order valence-corrected chi connectivity index (χ1v) is 13.6. The van der Waals surface area contributed by atoms with Gasteiger partial charge in [0.05, 0.1) is 16.9 Å². The molecule has 12 heteroatoms. The van der Waals surface area contributed by atoms with Gasteiger partial charge in [-0.15, -0.1) is 0 Å². The van der Waals surface area contributed by atoms with Crippen LogP contribution in [0.25, 0.3) is 0 Å². The monoisotopic (exact) mass is 532 g/mol. The zero-order chi connectivity index (χ0) is 27.5. The van der Waals surface area contributed by atoms with Gasteiger partial charge in [-0.2, -0.15) is 4.31 Å². The molecule has 0 atom stereocenters. The fraction of sp³-hybridized carbons (Fsp3) is 0.520. The number of anilines is 2. The van der Waals surface area contributed by atoms with Crippen LogP contribution in [0.1, 0.15) is 48.4 Å². The van der Waals surface area contributed by atoms with Crippen LogP contribution in [-0.2, 0) is 21.2 Å². The predicted molar refractivity (Wildman–Crippen MR) is 141 cm³/mol. The molecular weight excluding hydrogens is 496 g/mol. The number of sulfonamides is 1. The van der Waals surface area contributed by atoms with E-state index in [1.165, 1.54) is 28.6 Å². The van der Waals surface area contributed by atoms with E-state index in [0.717, 1.165) is 0 Å². The highest BCUT2D eigenvalue weighted by Crippen LogP contribution is 2.31. The van der Waals surface area contributed by atoms with Crippen molar-refractivity contribution in [3.63, 3.8) is 0 Å². The SMILES string of the molecule is Cc1nc(N)c2c(n1)N(CCCCN(CC(C)(C)CN(C)C)S(=O)(=O)c1cccc(C(=O)O)c1)C(=O)C2. The Bertz CT molecular complexity index is 1280. The molecule has 0 radical (unpaired) electrons. The second-order valence-corrected chi connectivity index (χ2v) is 12.4. The van der Waals surface area contributed by atoms with Crippen molar-refractivity contribution in [2.45, 2.75) is 44.9 Å². The average Bonchev–Trinajstić information content (AvgIpc) is 3.10. The normalized spacial score (nSPS) is 14.0. The van der Waals surface area contributed by atoms with E-state index < -0.39 is 16.0 Å². The number of carbonyl (C=O) groups excluding carboxylic acids is 1. The third-order valence-electron chi connectivity index (χ3n) is 6.12. The van der Waals surface area contributed by atoms with E-state index in [4.69, 9.17) is 5.73 Å². The van der Waals surface area contributed by atoms with E-state index in [-0.39, 0.29) is 41.3 Å². The third kappa shape index (κ3) is 6.82. The molecule has 202 valence electrons. The fourth-order valence-electron chi connectivity index (χ4n) is 4.75. The molecule has 0 aliphatic carbocycles. The lowest BCUT2D eigenvalue weighted by atomic mass is 9.93. The van der Waals surface area contributed by atoms with Gasteiger partial charge in [0.15, 0.2) is 0 Å². The first-order valence-electron chi connectivity index (χ1n) is 12.1. The summed E-state index contributed by atoms with van der Waals surface area (Å²) in [6, 6.07) is 5.41. The number of carbonyl (C=O) groups is 2. The molecule has 1 aliphatic heterocycles. The number of fused-ring (bicyclic) bond motifs is 1. The van der Waals surface area contributed by atoms with Crippen molar-refractivity contribution < 1.29 is 23.1 Å². The summed E-state index contributed by atoms with van der Waals surface area (Å²) >= 11 is 0. The maximum absolute atomic E-state index is 13.6. The van der Waals surface area contributed by atoms with Gasteiger partial charge in [0.25, 0.3) is 0 Å². The number of aromatic nitrogens is 2. The summed E-state index contributed by atoms with van der Waals surface area (Å²) in [4.78, 5) is 36.1. The maximum Gasteiger partial charge on any atom is 0.335 e. The second kappa shape index (κ2) is 11.1. The van der Waals surface area contributed by atoms with Crippen molar-refractivity contribution in [3.05, 3.63) is 41.2 Å². The van der Waals surface area contributed by atoms with Crippen LogP contribution in [-0.4, -0.2) is 84.8 Å². The van der Waals surface area contributed by atoms with Crippen LogP contribution in [0.2, 0.25) is 0 Å². The predicted octanol–water partition coefficient (Wildman–Crippen LogP) is 2.01. The lowest BCUT2D eigenvalue weighted by molar-refractivity contribution is -0.117. The van der Waals surface area contributed by atoms with Crippen molar-refractivity contribution in [2.24, 2.45) is 5.41 Å². The van der Waals surface area contributed by atoms with Crippen molar-refractivity contribution in [1.29, 1.82) is 0 Å². The number of benzene rings is 1. The molecule has 0 fully saturated rings. The zero-order valence-corrected chi connectivity index (χ0v) is 22.9. The minimum Gasteiger partial charge on any atom is -0.478 e. The molecule has 3 N–H and O–H groups in total. The minimum absolute atomic E-state index is 0.0562. The number of nitrogens with two attached hydrogens (primary N) is 1. The summed E-state index contributed by atoms with van der Waals surface area (Å²) in [5.41, 5.74) is 6.15. The molecule has 1 aromatic carbocycles. The lowest BCUT2D eigenvalue weighted by Crippen LogP contribution is -2.43. The van der Waals surface area contributed by atoms with Crippen LogP contribution in [0.4, 0.5) is 11.6 Å². The molecule has 1 aliphatic rings. The topological polar surface area (TPSA) is 150 Å². The van der Waals surface area contributed by atoms with Gasteiger partial charge in [0.2, 0.25) is 15.9 Å². The molecule has 1 amide bonds. The van der Waals surface area contributed by atoms with E-state index in [1.807, 2.05) is 32.8 Å². The van der Waals surface area contributed by atoms with E-state index in [0.29, 0.717) is 49.0 Å². The number of aryl methyl sites for hydroxylation is 1. The van der Waals surface area contributed by atoms with Gasteiger partial charge in [0.1, 0.15) is 17.5 Å². The van der Waals surface area contributed by atoms with Gasteiger partial charge in [-0.1, -0.05) is 19.9 Å². The van der Waals surface area contributed by atoms with E-state index >= 15 is 0 Å². The Labute approximate surface area is 218 Å². The van der Waals surface area contributed by atoms with Gasteiger partial charge in [-0.3, -0.25) is 9.69 Å². The van der Waals surface area contributed by atoms with Gasteiger partial charge >= 0.3 is 5.97 Å². The Hall–Kier alpha value is -3.09. The van der Waals surface area contributed by atoms with Gasteiger partial charge in [0, 0.05) is 31.7 Å². The Morgan fingerprint density at radius 2 is 1.89 bits per heavy atom. The third-order valence-corrected chi connectivity index (χ3v) is 7.96. The van der Waals surface area contributed by atoms with Crippen LogP contribution >= 0.6 is 0 Å². The molecule has 0 unspecified atom stereocenters. The van der Waals surface area contributed by atoms with Gasteiger partial charge < -0.3 is 15.7 Å². The molecule has 0 bridgehead atoms. The number of carboxylic acid groups (broad SMARTS) is 1. The van der Waals surface area contributed by atoms with Crippen molar-refractivity contribution in [1.82, 2.24) is 19.2 Å². The summed E-state index contributed by atoms with van der Waals surface area (Å²) in [7, 11) is -0.102. The largest absolute Gasteiger partial charge is 0.478 e. The van der Waals surface area contributed by atoms with Crippen LogP contribution in [0.5, 0.6) is 0 Å².